The molecule has 0 aromatic heterocycles. The number of Topliss-reactive ketones (excluding diaryl/α,β-unsaturated/α-hetero) is 1. The molecule has 42 heavy (non-hydrogen) atoms. The van der Waals surface area contributed by atoms with E-state index in [9.17, 15) is 19.5 Å². The van der Waals surface area contributed by atoms with Crippen LogP contribution >= 0.6 is 0 Å². The van der Waals surface area contributed by atoms with Gasteiger partial charge in [0.15, 0.2) is 0 Å². The maximum atomic E-state index is 13.7. The van der Waals surface area contributed by atoms with E-state index in [-0.39, 0.29) is 28.1 Å². The Morgan fingerprint density at radius 3 is 2.17 bits per heavy atom. The van der Waals surface area contributed by atoms with Gasteiger partial charge in [-0.3, -0.25) is 19.3 Å². The van der Waals surface area contributed by atoms with Crippen LogP contribution in [0.4, 0.5) is 11.4 Å². The van der Waals surface area contributed by atoms with Crippen LogP contribution in [0.15, 0.2) is 72.3 Å². The van der Waals surface area contributed by atoms with E-state index in [1.807, 2.05) is 58.0 Å². The van der Waals surface area contributed by atoms with Crippen LogP contribution in [-0.2, 0) is 25.2 Å². The van der Waals surface area contributed by atoms with Gasteiger partial charge >= 0.3 is 0 Å². The molecular formula is C35H40N2O5. The van der Waals surface area contributed by atoms with Crippen LogP contribution in [0.1, 0.15) is 83.7 Å². The Balaban J connectivity index is 1.95. The smallest absolute Gasteiger partial charge is 0.300 e. The normalized spacial score (nSPS) is 17.0. The van der Waals surface area contributed by atoms with Gasteiger partial charge in [0.25, 0.3) is 11.7 Å². The van der Waals surface area contributed by atoms with Gasteiger partial charge in [-0.25, -0.2) is 0 Å². The van der Waals surface area contributed by atoms with Crippen molar-refractivity contribution in [1.29, 1.82) is 0 Å². The molecule has 3 aromatic carbocycles. The van der Waals surface area contributed by atoms with Crippen molar-refractivity contribution in [2.24, 2.45) is 0 Å². The van der Waals surface area contributed by atoms with Crippen molar-refractivity contribution in [2.45, 2.75) is 72.3 Å². The first-order valence-electron chi connectivity index (χ1n) is 14.2. The lowest BCUT2D eigenvalue weighted by Crippen LogP contribution is -2.29. The van der Waals surface area contributed by atoms with Crippen molar-refractivity contribution in [3.63, 3.8) is 0 Å². The highest BCUT2D eigenvalue weighted by Gasteiger charge is 2.47. The Bertz CT molecular complexity index is 1560. The number of rotatable bonds is 6. The zero-order valence-corrected chi connectivity index (χ0v) is 25.7. The van der Waals surface area contributed by atoms with Crippen molar-refractivity contribution in [3.05, 3.63) is 94.6 Å². The SMILES string of the molecule is CCOc1ccc(/C(O)=C2/C(=O)C(=O)N(c3cccc(NC(C)=O)c3)C2c2ccc(C(C)(C)C)cc2)cc1C(C)(C)C. The number of aliphatic hydroxyl groups excluding tert-OH is 1. The minimum atomic E-state index is -0.892. The van der Waals surface area contributed by atoms with E-state index in [0.29, 0.717) is 34.9 Å². The Morgan fingerprint density at radius 1 is 0.929 bits per heavy atom. The molecule has 3 aromatic rings. The molecular weight excluding hydrogens is 528 g/mol. The second kappa shape index (κ2) is 11.5. The van der Waals surface area contributed by atoms with E-state index in [1.165, 1.54) is 11.8 Å². The molecule has 1 heterocycles. The highest BCUT2D eigenvalue weighted by molar-refractivity contribution is 6.51. The molecule has 0 saturated carbocycles. The first-order chi connectivity index (χ1) is 19.6. The lowest BCUT2D eigenvalue weighted by atomic mass is 9.84. The molecule has 0 aliphatic carbocycles. The second-order valence-electron chi connectivity index (χ2n) is 12.7. The van der Waals surface area contributed by atoms with Crippen molar-refractivity contribution in [1.82, 2.24) is 0 Å². The number of benzene rings is 3. The lowest BCUT2D eigenvalue weighted by molar-refractivity contribution is -0.132. The second-order valence-corrected chi connectivity index (χ2v) is 12.7. The van der Waals surface area contributed by atoms with Gasteiger partial charge in [0.2, 0.25) is 5.91 Å². The molecule has 0 radical (unpaired) electrons. The minimum Gasteiger partial charge on any atom is -0.507 e. The topological polar surface area (TPSA) is 95.9 Å². The van der Waals surface area contributed by atoms with Crippen LogP contribution in [0.3, 0.4) is 0 Å². The molecule has 1 saturated heterocycles. The Hall–Kier alpha value is -4.39. The van der Waals surface area contributed by atoms with Gasteiger partial charge in [0.1, 0.15) is 11.5 Å². The molecule has 2 amide bonds. The summed E-state index contributed by atoms with van der Waals surface area (Å²) in [7, 11) is 0. The number of carbonyl (C=O) groups excluding carboxylic acids is 3. The molecule has 7 heteroatoms. The minimum absolute atomic E-state index is 0.00235. The highest BCUT2D eigenvalue weighted by atomic mass is 16.5. The number of amides is 2. The Morgan fingerprint density at radius 2 is 1.60 bits per heavy atom. The number of anilines is 2. The Labute approximate surface area is 248 Å². The molecule has 220 valence electrons. The summed E-state index contributed by atoms with van der Waals surface area (Å²) in [4.78, 5) is 40.5. The molecule has 2 N–H and O–H groups in total. The standard InChI is InChI=1S/C35H40N2O5/c1-9-42-28-18-15-23(19-27(28)35(6,7)8)31(39)29-30(22-13-16-24(17-14-22)34(3,4)5)37(33(41)32(29)40)26-12-10-11-25(20-26)36-21(2)38/h10-20,30,39H,9H2,1-8H3,(H,36,38)/b31-29-. The summed E-state index contributed by atoms with van der Waals surface area (Å²) in [6, 6.07) is 19.0. The van der Waals surface area contributed by atoms with Crippen molar-refractivity contribution in [2.75, 3.05) is 16.8 Å². The van der Waals surface area contributed by atoms with E-state index in [0.717, 1.165) is 11.1 Å². The molecule has 1 unspecified atom stereocenters. The quantitative estimate of drug-likeness (QED) is 0.185. The van der Waals surface area contributed by atoms with Crippen LogP contribution in [0.25, 0.3) is 5.76 Å². The van der Waals surface area contributed by atoms with Gasteiger partial charge in [0, 0.05) is 29.4 Å². The van der Waals surface area contributed by atoms with Crippen LogP contribution in [0, 0.1) is 0 Å². The average Bonchev–Trinajstić information content (AvgIpc) is 3.17. The van der Waals surface area contributed by atoms with E-state index in [1.54, 1.807) is 36.4 Å². The van der Waals surface area contributed by atoms with Crippen LogP contribution in [0.2, 0.25) is 0 Å². The lowest BCUT2D eigenvalue weighted by Gasteiger charge is -2.27. The first kappa shape index (κ1) is 30.6. The molecule has 4 rings (SSSR count). The third-order valence-electron chi connectivity index (χ3n) is 7.34. The predicted octanol–water partition coefficient (Wildman–Crippen LogP) is 7.27. The maximum absolute atomic E-state index is 13.7. The fourth-order valence-corrected chi connectivity index (χ4v) is 5.22. The van der Waals surface area contributed by atoms with Gasteiger partial charge in [-0.05, 0) is 65.3 Å². The van der Waals surface area contributed by atoms with Gasteiger partial charge in [-0.1, -0.05) is 71.9 Å². The number of carbonyl (C=O) groups is 3. The summed E-state index contributed by atoms with van der Waals surface area (Å²) >= 11 is 0. The van der Waals surface area contributed by atoms with Gasteiger partial charge in [0.05, 0.1) is 18.2 Å². The van der Waals surface area contributed by atoms with Crippen molar-refractivity contribution < 1.29 is 24.2 Å². The van der Waals surface area contributed by atoms with Gasteiger partial charge in [-0.2, -0.15) is 0 Å². The summed E-state index contributed by atoms with van der Waals surface area (Å²) in [5.74, 6) is -1.36. The average molecular weight is 569 g/mol. The fraction of sp³-hybridized carbons (Fsp3) is 0.343. The number of ketones is 1. The fourth-order valence-electron chi connectivity index (χ4n) is 5.22. The summed E-state index contributed by atoms with van der Waals surface area (Å²) < 4.78 is 5.85. The third kappa shape index (κ3) is 6.10. The zero-order valence-electron chi connectivity index (χ0n) is 25.7. The van der Waals surface area contributed by atoms with E-state index in [2.05, 4.69) is 26.1 Å². The van der Waals surface area contributed by atoms with E-state index >= 15 is 0 Å². The Kier molecular flexibility index (Phi) is 8.35. The van der Waals surface area contributed by atoms with Crippen LogP contribution in [0.5, 0.6) is 5.75 Å². The van der Waals surface area contributed by atoms with Gasteiger partial charge < -0.3 is 15.2 Å². The highest BCUT2D eigenvalue weighted by Crippen LogP contribution is 2.44. The summed E-state index contributed by atoms with van der Waals surface area (Å²) in [6.07, 6.45) is 0. The summed E-state index contributed by atoms with van der Waals surface area (Å²) in [5, 5.41) is 14.5. The number of hydrogen-bond donors (Lipinski definition) is 2. The van der Waals surface area contributed by atoms with E-state index in [4.69, 9.17) is 4.74 Å². The molecule has 0 spiro atoms. The number of nitrogens with one attached hydrogen (secondary N) is 1. The van der Waals surface area contributed by atoms with Crippen molar-refractivity contribution >= 4 is 34.7 Å². The number of nitrogens with zero attached hydrogens (tertiary/aromatic N) is 1. The largest absolute Gasteiger partial charge is 0.507 e. The third-order valence-corrected chi connectivity index (χ3v) is 7.34. The molecule has 1 atom stereocenters. The number of aliphatic hydroxyl groups is 1. The summed E-state index contributed by atoms with van der Waals surface area (Å²) in [5.41, 5.74) is 3.57. The van der Waals surface area contributed by atoms with E-state index < -0.39 is 17.7 Å². The molecule has 1 fully saturated rings. The zero-order chi connectivity index (χ0) is 31.0. The maximum Gasteiger partial charge on any atom is 0.300 e. The molecule has 1 aliphatic heterocycles. The summed E-state index contributed by atoms with van der Waals surface area (Å²) in [6.45, 7) is 16.3. The molecule has 0 bridgehead atoms. The van der Waals surface area contributed by atoms with Crippen LogP contribution < -0.4 is 15.0 Å². The monoisotopic (exact) mass is 568 g/mol. The first-order valence-corrected chi connectivity index (χ1v) is 14.2. The van der Waals surface area contributed by atoms with Crippen molar-refractivity contribution in [3.8, 4) is 5.75 Å². The van der Waals surface area contributed by atoms with Crippen LogP contribution in [-0.4, -0.2) is 29.3 Å². The number of hydrogen-bond acceptors (Lipinski definition) is 5. The predicted molar refractivity (Wildman–Crippen MR) is 167 cm³/mol. The van der Waals surface area contributed by atoms with Gasteiger partial charge in [-0.15, -0.1) is 0 Å². The molecule has 1 aliphatic rings. The molecule has 7 nitrogen and oxygen atoms in total. The number of ether oxygens (including phenoxy) is 1.